The number of benzene rings is 3. The summed E-state index contributed by atoms with van der Waals surface area (Å²) in [5.74, 6) is -1.67. The van der Waals surface area contributed by atoms with E-state index in [1.165, 1.54) is 32.0 Å². The maximum atomic E-state index is 12.9. The highest BCUT2D eigenvalue weighted by Crippen LogP contribution is 2.36. The normalized spacial score (nSPS) is 11.9. The summed E-state index contributed by atoms with van der Waals surface area (Å²) >= 11 is 3.42. The third-order valence-electron chi connectivity index (χ3n) is 4.81. The lowest BCUT2D eigenvalue weighted by Gasteiger charge is -2.22. The van der Waals surface area contributed by atoms with E-state index in [2.05, 4.69) is 21.2 Å². The van der Waals surface area contributed by atoms with E-state index in [0.717, 1.165) is 17.5 Å². The fraction of sp³-hybridized carbons (Fsp3) is 0.217. The number of carbonyl (C=O) groups is 2. The number of ether oxygens (including phenoxy) is 1. The predicted molar refractivity (Wildman–Crippen MR) is 117 cm³/mol. The van der Waals surface area contributed by atoms with Crippen molar-refractivity contribution in [1.82, 2.24) is 5.32 Å². The van der Waals surface area contributed by atoms with Gasteiger partial charge in [0.15, 0.2) is 0 Å². The van der Waals surface area contributed by atoms with Crippen molar-refractivity contribution in [2.75, 3.05) is 0 Å². The molecule has 3 aromatic carbocycles. The molecular weight excluding hydrogens is 491 g/mol. The quantitative estimate of drug-likeness (QED) is 0.440. The monoisotopic (exact) mass is 509 g/mol. The standard InChI is InChI=1S/C23H19BrF3NO4/c1-22(2,21(30)31)28-20(29)17-11-18(24)15-5-3-4-6-16(15)19(17)32-12-13-7-9-14(10-8-13)23(25,26)27/h3-11H,12H2,1-2H3,(H,28,29)(H,30,31). The zero-order valence-electron chi connectivity index (χ0n) is 17.1. The van der Waals surface area contributed by atoms with Gasteiger partial charge in [0, 0.05) is 9.86 Å². The number of fused-ring (bicyclic) bond motifs is 1. The number of rotatable bonds is 6. The fourth-order valence-corrected chi connectivity index (χ4v) is 3.55. The van der Waals surface area contributed by atoms with Crippen LogP contribution in [0, 0.1) is 0 Å². The number of amides is 1. The second-order valence-electron chi connectivity index (χ2n) is 7.65. The van der Waals surface area contributed by atoms with Gasteiger partial charge < -0.3 is 15.2 Å². The Morgan fingerprint density at radius 3 is 2.19 bits per heavy atom. The summed E-state index contributed by atoms with van der Waals surface area (Å²) in [6, 6.07) is 13.2. The molecule has 0 saturated heterocycles. The van der Waals surface area contributed by atoms with Gasteiger partial charge in [0.2, 0.25) is 0 Å². The maximum absolute atomic E-state index is 12.9. The molecule has 0 aliphatic carbocycles. The SMILES string of the molecule is CC(C)(NC(=O)c1cc(Br)c2ccccc2c1OCc1ccc(C(F)(F)F)cc1)C(=O)O. The van der Waals surface area contributed by atoms with E-state index in [9.17, 15) is 27.9 Å². The molecule has 0 aliphatic rings. The molecule has 5 nitrogen and oxygen atoms in total. The third kappa shape index (κ3) is 5.04. The van der Waals surface area contributed by atoms with Crippen LogP contribution in [0.15, 0.2) is 59.1 Å². The molecular formula is C23H19BrF3NO4. The maximum Gasteiger partial charge on any atom is 0.416 e. The number of hydrogen-bond acceptors (Lipinski definition) is 3. The number of carbonyl (C=O) groups excluding carboxylic acids is 1. The van der Waals surface area contributed by atoms with E-state index in [1.807, 2.05) is 6.07 Å². The number of halogens is 4. The van der Waals surface area contributed by atoms with Gasteiger partial charge in [0.1, 0.15) is 17.9 Å². The van der Waals surface area contributed by atoms with Crippen LogP contribution in [0.5, 0.6) is 5.75 Å². The highest BCUT2D eigenvalue weighted by atomic mass is 79.9. The van der Waals surface area contributed by atoms with Gasteiger partial charge in [0.25, 0.3) is 5.91 Å². The van der Waals surface area contributed by atoms with Crippen LogP contribution in [-0.2, 0) is 17.6 Å². The van der Waals surface area contributed by atoms with Crippen molar-refractivity contribution < 1.29 is 32.6 Å². The summed E-state index contributed by atoms with van der Waals surface area (Å²) in [5, 5.41) is 13.1. The summed E-state index contributed by atoms with van der Waals surface area (Å²) in [4.78, 5) is 24.4. The van der Waals surface area contributed by atoms with Crippen molar-refractivity contribution in [3.8, 4) is 5.75 Å². The Morgan fingerprint density at radius 2 is 1.62 bits per heavy atom. The Hall–Kier alpha value is -3.07. The van der Waals surface area contributed by atoms with Gasteiger partial charge in [0.05, 0.1) is 11.1 Å². The van der Waals surface area contributed by atoms with Crippen LogP contribution in [0.25, 0.3) is 10.8 Å². The van der Waals surface area contributed by atoms with Crippen molar-refractivity contribution in [2.45, 2.75) is 32.2 Å². The van der Waals surface area contributed by atoms with E-state index in [4.69, 9.17) is 4.74 Å². The summed E-state index contributed by atoms with van der Waals surface area (Å²) in [7, 11) is 0. The Balaban J connectivity index is 1.99. The first kappa shape index (κ1) is 23.6. The second kappa shape index (κ2) is 8.82. The largest absolute Gasteiger partial charge is 0.487 e. The molecule has 1 amide bonds. The first-order valence-corrected chi connectivity index (χ1v) is 10.3. The summed E-state index contributed by atoms with van der Waals surface area (Å²) in [6.45, 7) is 2.62. The van der Waals surface area contributed by atoms with Crippen molar-refractivity contribution >= 4 is 38.6 Å². The minimum Gasteiger partial charge on any atom is -0.487 e. The number of nitrogens with one attached hydrogen (secondary N) is 1. The average molecular weight is 510 g/mol. The zero-order chi connectivity index (χ0) is 23.7. The van der Waals surface area contributed by atoms with E-state index in [0.29, 0.717) is 15.4 Å². The number of alkyl halides is 3. The first-order chi connectivity index (χ1) is 14.9. The Bertz CT molecular complexity index is 1170. The van der Waals surface area contributed by atoms with Crippen LogP contribution >= 0.6 is 15.9 Å². The lowest BCUT2D eigenvalue weighted by atomic mass is 10.0. The smallest absolute Gasteiger partial charge is 0.416 e. The van der Waals surface area contributed by atoms with Crippen molar-refractivity contribution in [2.24, 2.45) is 0 Å². The fourth-order valence-electron chi connectivity index (χ4n) is 2.98. The van der Waals surface area contributed by atoms with Crippen LogP contribution < -0.4 is 10.1 Å². The van der Waals surface area contributed by atoms with Gasteiger partial charge in [-0.05, 0) is 43.0 Å². The highest BCUT2D eigenvalue weighted by Gasteiger charge is 2.31. The molecule has 32 heavy (non-hydrogen) atoms. The summed E-state index contributed by atoms with van der Waals surface area (Å²) in [5.41, 5.74) is -1.73. The molecule has 0 radical (unpaired) electrons. The van der Waals surface area contributed by atoms with Crippen LogP contribution in [-0.4, -0.2) is 22.5 Å². The lowest BCUT2D eigenvalue weighted by Crippen LogP contribution is -2.49. The van der Waals surface area contributed by atoms with Crippen LogP contribution in [0.4, 0.5) is 13.2 Å². The molecule has 0 saturated carbocycles. The molecule has 0 aromatic heterocycles. The molecule has 0 unspecified atom stereocenters. The van der Waals surface area contributed by atoms with Gasteiger partial charge in [-0.15, -0.1) is 0 Å². The zero-order valence-corrected chi connectivity index (χ0v) is 18.7. The van der Waals surface area contributed by atoms with Gasteiger partial charge in [-0.3, -0.25) is 4.79 Å². The van der Waals surface area contributed by atoms with Crippen molar-refractivity contribution in [1.29, 1.82) is 0 Å². The van der Waals surface area contributed by atoms with Crippen LogP contribution in [0.1, 0.15) is 35.3 Å². The number of aliphatic carboxylic acids is 1. The third-order valence-corrected chi connectivity index (χ3v) is 5.47. The molecule has 2 N–H and O–H groups in total. The average Bonchev–Trinajstić information content (AvgIpc) is 2.72. The van der Waals surface area contributed by atoms with E-state index in [1.54, 1.807) is 18.2 Å². The minimum atomic E-state index is -4.44. The topological polar surface area (TPSA) is 75.6 Å². The van der Waals surface area contributed by atoms with Crippen molar-refractivity contribution in [3.63, 3.8) is 0 Å². The lowest BCUT2D eigenvalue weighted by molar-refractivity contribution is -0.143. The van der Waals surface area contributed by atoms with Gasteiger partial charge in [-0.25, -0.2) is 4.79 Å². The van der Waals surface area contributed by atoms with Crippen molar-refractivity contribution in [3.05, 3.63) is 75.8 Å². The van der Waals surface area contributed by atoms with E-state index in [-0.39, 0.29) is 17.9 Å². The molecule has 0 aliphatic heterocycles. The molecule has 0 atom stereocenters. The molecule has 0 bridgehead atoms. The predicted octanol–water partition coefficient (Wildman–Crippen LogP) is 5.79. The Morgan fingerprint density at radius 1 is 1.03 bits per heavy atom. The molecule has 0 spiro atoms. The van der Waals surface area contributed by atoms with Gasteiger partial charge >= 0.3 is 12.1 Å². The number of carboxylic acids is 1. The first-order valence-electron chi connectivity index (χ1n) is 9.46. The molecule has 0 heterocycles. The summed E-state index contributed by atoms with van der Waals surface area (Å²) < 4.78 is 44.9. The van der Waals surface area contributed by atoms with E-state index >= 15 is 0 Å². The summed E-state index contributed by atoms with van der Waals surface area (Å²) in [6.07, 6.45) is -4.44. The number of hydrogen-bond donors (Lipinski definition) is 2. The number of carboxylic acid groups (broad SMARTS) is 1. The molecule has 3 aromatic rings. The molecule has 3 rings (SSSR count). The van der Waals surface area contributed by atoms with Crippen LogP contribution in [0.2, 0.25) is 0 Å². The Kier molecular flexibility index (Phi) is 6.50. The molecule has 0 fully saturated rings. The van der Waals surface area contributed by atoms with Crippen LogP contribution in [0.3, 0.4) is 0 Å². The molecule has 168 valence electrons. The Labute approximate surface area is 190 Å². The van der Waals surface area contributed by atoms with Gasteiger partial charge in [-0.1, -0.05) is 52.3 Å². The van der Waals surface area contributed by atoms with Gasteiger partial charge in [-0.2, -0.15) is 13.2 Å². The molecule has 9 heteroatoms. The highest BCUT2D eigenvalue weighted by molar-refractivity contribution is 9.10. The second-order valence-corrected chi connectivity index (χ2v) is 8.50. The minimum absolute atomic E-state index is 0.0909. The van der Waals surface area contributed by atoms with E-state index < -0.39 is 29.2 Å².